The third kappa shape index (κ3) is 4.06. The van der Waals surface area contributed by atoms with Crippen molar-refractivity contribution in [1.82, 2.24) is 14.3 Å². The number of primary amides is 1. The number of carbonyl (C=O) groups is 2. The predicted molar refractivity (Wildman–Crippen MR) is 110 cm³/mol. The van der Waals surface area contributed by atoms with E-state index in [4.69, 9.17) is 10.7 Å². The lowest BCUT2D eigenvalue weighted by Crippen LogP contribution is -2.28. The maximum Gasteiger partial charge on any atom is 0.248 e. The minimum Gasteiger partial charge on any atom is -0.366 e. The number of hydrogen-bond acceptors (Lipinski definition) is 3. The second kappa shape index (κ2) is 7.84. The van der Waals surface area contributed by atoms with E-state index in [0.717, 1.165) is 28.2 Å². The second-order valence-corrected chi connectivity index (χ2v) is 7.63. The molecule has 0 aliphatic carbocycles. The van der Waals surface area contributed by atoms with Gasteiger partial charge in [0.15, 0.2) is 0 Å². The molecule has 0 unspecified atom stereocenters. The largest absolute Gasteiger partial charge is 0.366 e. The number of pyridine rings is 1. The Morgan fingerprint density at radius 1 is 1.14 bits per heavy atom. The molecule has 0 fully saturated rings. The molecule has 0 aliphatic heterocycles. The van der Waals surface area contributed by atoms with Crippen molar-refractivity contribution >= 4 is 17.5 Å². The van der Waals surface area contributed by atoms with Gasteiger partial charge < -0.3 is 15.0 Å². The third-order valence-corrected chi connectivity index (χ3v) is 4.70. The number of imidazole rings is 1. The normalized spacial score (nSPS) is 11.2. The molecule has 2 N–H and O–H groups in total. The van der Waals surface area contributed by atoms with Crippen LogP contribution in [0.5, 0.6) is 0 Å². The highest BCUT2D eigenvalue weighted by Gasteiger charge is 2.19. The van der Waals surface area contributed by atoms with Gasteiger partial charge in [-0.2, -0.15) is 0 Å². The molecule has 2 heterocycles. The first kappa shape index (κ1) is 19.6. The summed E-state index contributed by atoms with van der Waals surface area (Å²) in [4.78, 5) is 30.4. The van der Waals surface area contributed by atoms with Gasteiger partial charge in [0, 0.05) is 30.8 Å². The molecular formula is C22H26N4O2. The van der Waals surface area contributed by atoms with Crippen LogP contribution in [0.4, 0.5) is 0 Å². The standard InChI is InChI=1S/C22H26N4O2/c1-14(2)11-20(27)25(4)13-18-21(16-6-8-17(9-7-16)22(23)28)24-19-10-5-15(3)12-26(18)19/h5-10,12,14H,11,13H2,1-4H3,(H2,23,28). The fourth-order valence-corrected chi connectivity index (χ4v) is 3.19. The topological polar surface area (TPSA) is 80.7 Å². The Bertz CT molecular complexity index is 1020. The highest BCUT2D eigenvalue weighted by atomic mass is 16.2. The number of rotatable bonds is 6. The molecule has 0 bridgehead atoms. The first-order valence-electron chi connectivity index (χ1n) is 9.38. The lowest BCUT2D eigenvalue weighted by molar-refractivity contribution is -0.131. The fraction of sp³-hybridized carbons (Fsp3) is 0.318. The SMILES string of the molecule is Cc1ccc2nc(-c3ccc(C(N)=O)cc3)c(CN(C)C(=O)CC(C)C)n2c1. The molecule has 28 heavy (non-hydrogen) atoms. The summed E-state index contributed by atoms with van der Waals surface area (Å²) in [7, 11) is 1.82. The van der Waals surface area contributed by atoms with Crippen molar-refractivity contribution in [1.29, 1.82) is 0 Å². The number of hydrogen-bond donors (Lipinski definition) is 1. The molecule has 0 saturated heterocycles. The maximum atomic E-state index is 12.5. The van der Waals surface area contributed by atoms with Crippen LogP contribution < -0.4 is 5.73 Å². The summed E-state index contributed by atoms with van der Waals surface area (Å²) in [6, 6.07) is 11.1. The van der Waals surface area contributed by atoms with Crippen molar-refractivity contribution in [2.45, 2.75) is 33.7 Å². The van der Waals surface area contributed by atoms with Crippen LogP contribution in [0, 0.1) is 12.8 Å². The zero-order chi connectivity index (χ0) is 20.4. The van der Waals surface area contributed by atoms with Crippen LogP contribution in [0.25, 0.3) is 16.9 Å². The second-order valence-electron chi connectivity index (χ2n) is 7.63. The van der Waals surface area contributed by atoms with Crippen LogP contribution in [0.15, 0.2) is 42.6 Å². The van der Waals surface area contributed by atoms with E-state index in [1.54, 1.807) is 17.0 Å². The molecule has 146 valence electrons. The van der Waals surface area contributed by atoms with E-state index in [9.17, 15) is 9.59 Å². The molecule has 2 aromatic heterocycles. The van der Waals surface area contributed by atoms with E-state index >= 15 is 0 Å². The number of nitrogens with zero attached hydrogens (tertiary/aromatic N) is 3. The smallest absolute Gasteiger partial charge is 0.248 e. The Balaban J connectivity index is 2.05. The van der Waals surface area contributed by atoms with Gasteiger partial charge in [-0.15, -0.1) is 0 Å². The summed E-state index contributed by atoms with van der Waals surface area (Å²) in [5.41, 5.74) is 10.3. The average Bonchev–Trinajstić information content (AvgIpc) is 2.99. The van der Waals surface area contributed by atoms with Crippen molar-refractivity contribution in [2.24, 2.45) is 11.7 Å². The Morgan fingerprint density at radius 2 is 1.82 bits per heavy atom. The Kier molecular flexibility index (Phi) is 5.49. The molecule has 6 heteroatoms. The minimum atomic E-state index is -0.462. The quantitative estimate of drug-likeness (QED) is 0.714. The number of aromatic nitrogens is 2. The molecular weight excluding hydrogens is 352 g/mol. The molecule has 0 radical (unpaired) electrons. The molecule has 0 atom stereocenters. The van der Waals surface area contributed by atoms with E-state index in [-0.39, 0.29) is 5.91 Å². The minimum absolute atomic E-state index is 0.104. The zero-order valence-electron chi connectivity index (χ0n) is 16.8. The first-order chi connectivity index (χ1) is 13.3. The molecule has 0 spiro atoms. The van der Waals surface area contributed by atoms with Crippen LogP contribution in [-0.2, 0) is 11.3 Å². The summed E-state index contributed by atoms with van der Waals surface area (Å²) < 4.78 is 2.03. The van der Waals surface area contributed by atoms with Crippen molar-refractivity contribution in [3.05, 3.63) is 59.4 Å². The number of benzene rings is 1. The van der Waals surface area contributed by atoms with Gasteiger partial charge in [-0.25, -0.2) is 4.98 Å². The van der Waals surface area contributed by atoms with Crippen molar-refractivity contribution in [3.8, 4) is 11.3 Å². The van der Waals surface area contributed by atoms with Crippen LogP contribution in [0.2, 0.25) is 0 Å². The first-order valence-corrected chi connectivity index (χ1v) is 9.38. The molecule has 3 rings (SSSR count). The Labute approximate surface area is 165 Å². The predicted octanol–water partition coefficient (Wildman–Crippen LogP) is 3.41. The fourth-order valence-electron chi connectivity index (χ4n) is 3.19. The lowest BCUT2D eigenvalue weighted by Gasteiger charge is -2.19. The number of fused-ring (bicyclic) bond motifs is 1. The number of aryl methyl sites for hydroxylation is 1. The summed E-state index contributed by atoms with van der Waals surface area (Å²) in [6.07, 6.45) is 2.54. The highest BCUT2D eigenvalue weighted by Crippen LogP contribution is 2.26. The van der Waals surface area contributed by atoms with E-state index < -0.39 is 5.91 Å². The molecule has 0 saturated carbocycles. The van der Waals surface area contributed by atoms with Gasteiger partial charge in [0.1, 0.15) is 5.65 Å². The van der Waals surface area contributed by atoms with E-state index in [1.807, 2.05) is 62.7 Å². The monoisotopic (exact) mass is 378 g/mol. The third-order valence-electron chi connectivity index (χ3n) is 4.70. The molecule has 2 amide bonds. The van der Waals surface area contributed by atoms with Crippen LogP contribution in [-0.4, -0.2) is 33.1 Å². The van der Waals surface area contributed by atoms with Crippen LogP contribution >= 0.6 is 0 Å². The van der Waals surface area contributed by atoms with Gasteiger partial charge in [0.05, 0.1) is 17.9 Å². The molecule has 3 aromatic rings. The van der Waals surface area contributed by atoms with E-state index in [0.29, 0.717) is 24.4 Å². The lowest BCUT2D eigenvalue weighted by atomic mass is 10.1. The highest BCUT2D eigenvalue weighted by molar-refractivity contribution is 5.93. The number of nitrogens with two attached hydrogens (primary N) is 1. The van der Waals surface area contributed by atoms with Crippen LogP contribution in [0.1, 0.15) is 41.9 Å². The van der Waals surface area contributed by atoms with Crippen molar-refractivity contribution < 1.29 is 9.59 Å². The zero-order valence-corrected chi connectivity index (χ0v) is 16.8. The number of amides is 2. The average molecular weight is 378 g/mol. The van der Waals surface area contributed by atoms with Gasteiger partial charge in [0.25, 0.3) is 0 Å². The molecule has 1 aromatic carbocycles. The summed E-state index contributed by atoms with van der Waals surface area (Å²) >= 11 is 0. The summed E-state index contributed by atoms with van der Waals surface area (Å²) in [6.45, 7) is 6.55. The Hall–Kier alpha value is -3.15. The van der Waals surface area contributed by atoms with E-state index in [1.165, 1.54) is 0 Å². The summed E-state index contributed by atoms with van der Waals surface area (Å²) in [5.74, 6) is -0.0516. The summed E-state index contributed by atoms with van der Waals surface area (Å²) in [5, 5.41) is 0. The molecule has 6 nitrogen and oxygen atoms in total. The maximum absolute atomic E-state index is 12.5. The van der Waals surface area contributed by atoms with Gasteiger partial charge in [-0.1, -0.05) is 32.0 Å². The van der Waals surface area contributed by atoms with Crippen LogP contribution in [0.3, 0.4) is 0 Å². The van der Waals surface area contributed by atoms with E-state index in [2.05, 4.69) is 0 Å². The van der Waals surface area contributed by atoms with Gasteiger partial charge in [0.2, 0.25) is 11.8 Å². The van der Waals surface area contributed by atoms with Crippen molar-refractivity contribution in [2.75, 3.05) is 7.05 Å². The molecule has 0 aliphatic rings. The Morgan fingerprint density at radius 3 is 2.43 bits per heavy atom. The van der Waals surface area contributed by atoms with Gasteiger partial charge in [-0.05, 0) is 36.6 Å². The van der Waals surface area contributed by atoms with Gasteiger partial charge in [-0.3, -0.25) is 9.59 Å². The van der Waals surface area contributed by atoms with Crippen molar-refractivity contribution in [3.63, 3.8) is 0 Å². The van der Waals surface area contributed by atoms with Gasteiger partial charge >= 0.3 is 0 Å². The number of carbonyl (C=O) groups excluding carboxylic acids is 2.